The lowest BCUT2D eigenvalue weighted by atomic mass is 10.1. The quantitative estimate of drug-likeness (QED) is 0.651. The zero-order valence-corrected chi connectivity index (χ0v) is 10.6. The van der Waals surface area contributed by atoms with Gasteiger partial charge in [-0.25, -0.2) is 0 Å². The molecule has 1 nitrogen and oxygen atoms in total. The molecule has 2 heteroatoms. The van der Waals surface area contributed by atoms with Gasteiger partial charge in [0.15, 0.2) is 0 Å². The summed E-state index contributed by atoms with van der Waals surface area (Å²) in [5.74, 6) is 0. The highest BCUT2D eigenvalue weighted by atomic mass is 32.1. The maximum atomic E-state index is 5.52. The minimum Gasteiger partial charge on any atom is -0.354 e. The molecular formula is C15H14NS. The third kappa shape index (κ3) is 1.64. The fourth-order valence-electron chi connectivity index (χ4n) is 2.38. The monoisotopic (exact) mass is 240 g/mol. The third-order valence-corrected chi connectivity index (χ3v) is 3.88. The van der Waals surface area contributed by atoms with Gasteiger partial charge < -0.3 is 4.98 Å². The van der Waals surface area contributed by atoms with E-state index in [1.54, 1.807) is 0 Å². The lowest BCUT2D eigenvalue weighted by Gasteiger charge is -2.08. The standard InChI is InChI=1S/C15H14NS/c1-2-14(17)12-8-5-7-11-10-6-3-4-9-13(10)16-15(11)12/h3-9,14,16H,2H2,1H3. The SMILES string of the molecule is CCC([S])c1cccc2c1[nH]c1ccccc12. The Hall–Kier alpha value is -1.41. The summed E-state index contributed by atoms with van der Waals surface area (Å²) < 4.78 is 0. The third-order valence-electron chi connectivity index (χ3n) is 3.29. The summed E-state index contributed by atoms with van der Waals surface area (Å²) in [5.41, 5.74) is 3.64. The molecule has 1 radical (unpaired) electrons. The number of H-pyrrole nitrogens is 1. The lowest BCUT2D eigenvalue weighted by molar-refractivity contribution is 0.908. The van der Waals surface area contributed by atoms with Crippen LogP contribution in [0.5, 0.6) is 0 Å². The Labute approximate surface area is 106 Å². The van der Waals surface area contributed by atoms with Crippen LogP contribution in [0.25, 0.3) is 21.8 Å². The molecule has 0 saturated heterocycles. The van der Waals surface area contributed by atoms with E-state index in [2.05, 4.69) is 54.4 Å². The average molecular weight is 240 g/mol. The maximum Gasteiger partial charge on any atom is 0.0509 e. The second kappa shape index (κ2) is 4.11. The normalized spacial score (nSPS) is 13.3. The molecule has 2 aromatic carbocycles. The predicted octanol–water partition coefficient (Wildman–Crippen LogP) is 4.97. The van der Waals surface area contributed by atoms with Crippen molar-refractivity contribution in [2.75, 3.05) is 0 Å². The zero-order chi connectivity index (χ0) is 11.8. The van der Waals surface area contributed by atoms with Gasteiger partial charge in [0.2, 0.25) is 0 Å². The number of nitrogens with one attached hydrogen (secondary N) is 1. The van der Waals surface area contributed by atoms with Crippen molar-refractivity contribution in [2.24, 2.45) is 0 Å². The van der Waals surface area contributed by atoms with Crippen LogP contribution in [0.2, 0.25) is 0 Å². The van der Waals surface area contributed by atoms with Crippen LogP contribution in [0.4, 0.5) is 0 Å². The summed E-state index contributed by atoms with van der Waals surface area (Å²) in [5, 5.41) is 2.75. The van der Waals surface area contributed by atoms with Gasteiger partial charge in [-0.2, -0.15) is 0 Å². The molecular weight excluding hydrogens is 226 g/mol. The Morgan fingerprint density at radius 1 is 1.06 bits per heavy atom. The molecule has 85 valence electrons. The molecule has 3 rings (SSSR count). The molecule has 1 N–H and O–H groups in total. The molecule has 3 aromatic rings. The molecule has 1 heterocycles. The van der Waals surface area contributed by atoms with Gasteiger partial charge in [-0.1, -0.05) is 56.0 Å². The number of aromatic nitrogens is 1. The molecule has 0 aliphatic carbocycles. The summed E-state index contributed by atoms with van der Waals surface area (Å²) in [4.78, 5) is 3.50. The van der Waals surface area contributed by atoms with E-state index in [4.69, 9.17) is 12.6 Å². The first kappa shape index (κ1) is 10.7. The van der Waals surface area contributed by atoms with Crippen molar-refractivity contribution >= 4 is 34.4 Å². The van der Waals surface area contributed by atoms with Crippen LogP contribution in [0.15, 0.2) is 42.5 Å². The van der Waals surface area contributed by atoms with E-state index >= 15 is 0 Å². The van der Waals surface area contributed by atoms with Crippen LogP contribution in [0, 0.1) is 0 Å². The highest BCUT2D eigenvalue weighted by Gasteiger charge is 2.12. The summed E-state index contributed by atoms with van der Waals surface area (Å²) in [6.07, 6.45) is 0.990. The summed E-state index contributed by atoms with van der Waals surface area (Å²) in [6.45, 7) is 2.14. The number of rotatable bonds is 2. The Kier molecular flexibility index (Phi) is 2.60. The first-order valence-electron chi connectivity index (χ1n) is 5.96. The summed E-state index contributed by atoms with van der Waals surface area (Å²) >= 11 is 5.52. The number of hydrogen-bond acceptors (Lipinski definition) is 0. The average Bonchev–Trinajstić information content (AvgIpc) is 2.76. The zero-order valence-electron chi connectivity index (χ0n) is 9.73. The van der Waals surface area contributed by atoms with Crippen molar-refractivity contribution < 1.29 is 0 Å². The fraction of sp³-hybridized carbons (Fsp3) is 0.200. The molecule has 0 spiro atoms. The fourth-order valence-corrected chi connectivity index (χ4v) is 2.58. The van der Waals surface area contributed by atoms with E-state index in [0.717, 1.165) is 6.42 Å². The van der Waals surface area contributed by atoms with Gasteiger partial charge in [0.05, 0.1) is 5.52 Å². The smallest absolute Gasteiger partial charge is 0.0509 e. The first-order chi connectivity index (χ1) is 8.31. The first-order valence-corrected chi connectivity index (χ1v) is 6.43. The van der Waals surface area contributed by atoms with Crippen LogP contribution in [-0.2, 0) is 0 Å². The second-order valence-electron chi connectivity index (χ2n) is 4.34. The van der Waals surface area contributed by atoms with Gasteiger partial charge in [0.1, 0.15) is 0 Å². The Balaban J connectivity index is 2.39. The molecule has 0 aliphatic heterocycles. The molecule has 0 fully saturated rings. The molecule has 0 amide bonds. The van der Waals surface area contributed by atoms with Gasteiger partial charge >= 0.3 is 0 Å². The van der Waals surface area contributed by atoms with Crippen LogP contribution in [-0.4, -0.2) is 4.98 Å². The molecule has 0 aliphatic rings. The molecule has 1 unspecified atom stereocenters. The number of aromatic amines is 1. The minimum atomic E-state index is 0.187. The van der Waals surface area contributed by atoms with Crippen LogP contribution >= 0.6 is 12.6 Å². The van der Waals surface area contributed by atoms with Gasteiger partial charge in [0, 0.05) is 21.5 Å². The van der Waals surface area contributed by atoms with E-state index < -0.39 is 0 Å². The van der Waals surface area contributed by atoms with Gasteiger partial charge in [0.25, 0.3) is 0 Å². The van der Waals surface area contributed by atoms with Gasteiger partial charge in [-0.15, -0.1) is 0 Å². The van der Waals surface area contributed by atoms with Crippen molar-refractivity contribution in [1.29, 1.82) is 0 Å². The Morgan fingerprint density at radius 2 is 1.82 bits per heavy atom. The Bertz CT molecular complexity index is 669. The molecule has 1 aromatic heterocycles. The van der Waals surface area contributed by atoms with Crippen LogP contribution < -0.4 is 0 Å². The highest BCUT2D eigenvalue weighted by molar-refractivity contribution is 7.80. The van der Waals surface area contributed by atoms with Crippen molar-refractivity contribution in [3.8, 4) is 0 Å². The Morgan fingerprint density at radius 3 is 2.65 bits per heavy atom. The molecule has 0 bridgehead atoms. The van der Waals surface area contributed by atoms with Crippen molar-refractivity contribution in [2.45, 2.75) is 18.6 Å². The maximum absolute atomic E-state index is 5.52. The van der Waals surface area contributed by atoms with Crippen LogP contribution in [0.1, 0.15) is 24.2 Å². The van der Waals surface area contributed by atoms with E-state index in [1.165, 1.54) is 27.4 Å². The van der Waals surface area contributed by atoms with E-state index in [0.29, 0.717) is 0 Å². The van der Waals surface area contributed by atoms with E-state index in [-0.39, 0.29) is 5.25 Å². The molecule has 17 heavy (non-hydrogen) atoms. The largest absolute Gasteiger partial charge is 0.354 e. The van der Waals surface area contributed by atoms with Crippen molar-refractivity contribution in [3.05, 3.63) is 48.0 Å². The van der Waals surface area contributed by atoms with Crippen molar-refractivity contribution in [3.63, 3.8) is 0 Å². The van der Waals surface area contributed by atoms with Gasteiger partial charge in [-0.3, -0.25) is 0 Å². The predicted molar refractivity (Wildman–Crippen MR) is 76.4 cm³/mol. The summed E-state index contributed by atoms with van der Waals surface area (Å²) in [6, 6.07) is 14.8. The number of hydrogen-bond donors (Lipinski definition) is 1. The topological polar surface area (TPSA) is 15.8 Å². The number of fused-ring (bicyclic) bond motifs is 3. The number of para-hydroxylation sites is 2. The highest BCUT2D eigenvalue weighted by Crippen LogP contribution is 2.33. The van der Waals surface area contributed by atoms with Crippen LogP contribution in [0.3, 0.4) is 0 Å². The van der Waals surface area contributed by atoms with E-state index in [1.807, 2.05) is 0 Å². The number of benzene rings is 2. The lowest BCUT2D eigenvalue weighted by Crippen LogP contribution is -1.89. The molecule has 1 atom stereocenters. The summed E-state index contributed by atoms with van der Waals surface area (Å²) in [7, 11) is 0. The minimum absolute atomic E-state index is 0.187. The van der Waals surface area contributed by atoms with Crippen molar-refractivity contribution in [1.82, 2.24) is 4.98 Å². The van der Waals surface area contributed by atoms with E-state index in [9.17, 15) is 0 Å². The molecule has 0 saturated carbocycles. The van der Waals surface area contributed by atoms with Gasteiger partial charge in [-0.05, 0) is 18.1 Å². The second-order valence-corrected chi connectivity index (χ2v) is 4.91.